The molecular formula is C29H42O5. The van der Waals surface area contributed by atoms with Gasteiger partial charge in [0.05, 0.1) is 17.6 Å². The van der Waals surface area contributed by atoms with Gasteiger partial charge in [0.25, 0.3) is 0 Å². The van der Waals surface area contributed by atoms with Crippen molar-refractivity contribution < 1.29 is 24.5 Å². The van der Waals surface area contributed by atoms with E-state index in [1.165, 1.54) is 0 Å². The molecule has 5 heteroatoms. The number of epoxide rings is 1. The summed E-state index contributed by atoms with van der Waals surface area (Å²) in [6.07, 6.45) is 4.95. The van der Waals surface area contributed by atoms with Crippen LogP contribution in [0.3, 0.4) is 0 Å². The molecule has 0 aromatic rings. The number of carbonyl (C=O) groups is 1. The first-order valence-electron chi connectivity index (χ1n) is 13.8. The van der Waals surface area contributed by atoms with Gasteiger partial charge in [0, 0.05) is 11.3 Å². The Bertz CT molecular complexity index is 993. The van der Waals surface area contributed by atoms with Crippen LogP contribution in [-0.4, -0.2) is 46.2 Å². The van der Waals surface area contributed by atoms with Gasteiger partial charge >= 0.3 is 5.97 Å². The lowest BCUT2D eigenvalue weighted by Gasteiger charge is -2.71. The maximum absolute atomic E-state index is 13.7. The van der Waals surface area contributed by atoms with Gasteiger partial charge in [-0.1, -0.05) is 41.2 Å². The average Bonchev–Trinajstić information content (AvgIpc) is 3.52. The zero-order valence-corrected chi connectivity index (χ0v) is 21.5. The molecule has 7 rings (SSSR count). The maximum atomic E-state index is 13.7. The Labute approximate surface area is 203 Å². The highest BCUT2D eigenvalue weighted by molar-refractivity contribution is 5.82. The fourth-order valence-electron chi connectivity index (χ4n) is 11.7. The minimum Gasteiger partial charge on any atom is -0.455 e. The van der Waals surface area contributed by atoms with E-state index in [9.17, 15) is 15.0 Å². The molecule has 5 aliphatic carbocycles. The molecular weight excluding hydrogens is 428 g/mol. The lowest BCUT2D eigenvalue weighted by molar-refractivity contribution is -0.266. The van der Waals surface area contributed by atoms with Crippen LogP contribution in [0, 0.1) is 51.2 Å². The Morgan fingerprint density at radius 1 is 1.00 bits per heavy atom. The van der Waals surface area contributed by atoms with Crippen molar-refractivity contribution in [1.82, 2.24) is 0 Å². The van der Waals surface area contributed by atoms with Crippen molar-refractivity contribution in [2.24, 2.45) is 51.2 Å². The van der Waals surface area contributed by atoms with Gasteiger partial charge in [0.15, 0.2) is 5.60 Å². The van der Waals surface area contributed by atoms with Gasteiger partial charge in [-0.05, 0) is 85.0 Å². The molecule has 14 atom stereocenters. The van der Waals surface area contributed by atoms with Gasteiger partial charge < -0.3 is 19.7 Å². The Morgan fingerprint density at radius 2 is 1.74 bits per heavy atom. The highest BCUT2D eigenvalue weighted by Gasteiger charge is 2.89. The third-order valence-electron chi connectivity index (χ3n) is 13.7. The minimum atomic E-state index is -0.834. The number of rotatable bonds is 0. The van der Waals surface area contributed by atoms with Crippen LogP contribution in [0.2, 0.25) is 0 Å². The summed E-state index contributed by atoms with van der Waals surface area (Å²) in [5.74, 6) is 1.74. The van der Waals surface area contributed by atoms with Gasteiger partial charge in [-0.3, -0.25) is 4.79 Å². The van der Waals surface area contributed by atoms with Crippen LogP contribution in [0.5, 0.6) is 0 Å². The summed E-state index contributed by atoms with van der Waals surface area (Å²) < 4.78 is 13.5. The van der Waals surface area contributed by atoms with E-state index in [2.05, 4.69) is 41.2 Å². The molecule has 2 N–H and O–H groups in total. The number of carbonyl (C=O) groups excluding carboxylic acids is 1. The second-order valence-electron chi connectivity index (χ2n) is 14.3. The van der Waals surface area contributed by atoms with Gasteiger partial charge in [0.2, 0.25) is 0 Å². The normalized spacial score (nSPS) is 65.8. The average molecular weight is 471 g/mol. The largest absolute Gasteiger partial charge is 0.455 e. The Kier molecular flexibility index (Phi) is 4.03. The molecule has 0 amide bonds. The van der Waals surface area contributed by atoms with Crippen LogP contribution in [0.25, 0.3) is 0 Å². The molecule has 2 bridgehead atoms. The van der Waals surface area contributed by atoms with Gasteiger partial charge in [-0.2, -0.15) is 0 Å². The predicted octanol–water partition coefficient (Wildman–Crippen LogP) is 4.25. The summed E-state index contributed by atoms with van der Waals surface area (Å²) in [5.41, 5.74) is -0.504. The maximum Gasteiger partial charge on any atom is 0.313 e. The monoisotopic (exact) mass is 470 g/mol. The molecule has 2 saturated heterocycles. The predicted molar refractivity (Wildman–Crippen MR) is 127 cm³/mol. The van der Waals surface area contributed by atoms with E-state index in [-0.39, 0.29) is 57.6 Å². The van der Waals surface area contributed by atoms with Crippen molar-refractivity contribution >= 4 is 5.97 Å². The third-order valence-corrected chi connectivity index (χ3v) is 13.7. The molecule has 7 aliphatic rings. The lowest BCUT2D eigenvalue weighted by atomic mass is 9.31. The van der Waals surface area contributed by atoms with E-state index in [4.69, 9.17) is 9.47 Å². The third kappa shape index (κ3) is 2.02. The number of ether oxygens (including phenoxy) is 2. The van der Waals surface area contributed by atoms with Crippen LogP contribution in [0.15, 0.2) is 12.2 Å². The molecule has 2 aliphatic heterocycles. The van der Waals surface area contributed by atoms with Crippen LogP contribution in [0.1, 0.15) is 79.6 Å². The van der Waals surface area contributed by atoms with Crippen LogP contribution in [-0.2, 0) is 14.3 Å². The Balaban J connectivity index is 1.40. The highest BCUT2D eigenvalue weighted by Crippen LogP contribution is 2.83. The second-order valence-corrected chi connectivity index (χ2v) is 14.3. The first kappa shape index (κ1) is 22.3. The fourth-order valence-corrected chi connectivity index (χ4v) is 11.7. The zero-order chi connectivity index (χ0) is 24.2. The quantitative estimate of drug-likeness (QED) is 0.314. The van der Waals surface area contributed by atoms with Gasteiger partial charge in [0.1, 0.15) is 12.2 Å². The van der Waals surface area contributed by atoms with Crippen molar-refractivity contribution in [3.8, 4) is 0 Å². The molecule has 0 radical (unpaired) electrons. The summed E-state index contributed by atoms with van der Waals surface area (Å²) in [5, 5.41) is 21.5. The number of fused-ring (bicyclic) bond motifs is 6. The number of aliphatic hydroxyl groups is 2. The Morgan fingerprint density at radius 3 is 2.47 bits per heavy atom. The fraction of sp³-hybridized carbons (Fsp3) is 0.897. The van der Waals surface area contributed by atoms with Crippen LogP contribution >= 0.6 is 0 Å². The number of hydrogen-bond donors (Lipinski definition) is 2. The van der Waals surface area contributed by atoms with E-state index in [0.717, 1.165) is 44.1 Å². The molecule has 14 unspecified atom stereocenters. The number of esters is 1. The van der Waals surface area contributed by atoms with Crippen molar-refractivity contribution in [3.63, 3.8) is 0 Å². The summed E-state index contributed by atoms with van der Waals surface area (Å²) in [4.78, 5) is 13.7. The SMILES string of the molecule is C=C1C(O)C(O)CC2(C)C1CCC1(C)C2C2OC2C23OC(=O)C4(CCC(C)C(C)C42)CCC13C. The van der Waals surface area contributed by atoms with E-state index >= 15 is 0 Å². The standard InChI is InChI=1S/C29H42O5/c1-14-7-10-28-12-11-27(6)26(5)9-8-17-16(3)19(31)18(30)13-25(17,4)22(26)20-23(33-20)29(27,34-24(28)32)21(28)15(14)2/h14-15,17-23,30-31H,3,7-13H2,1-2,4-6H3. The molecule has 7 fully saturated rings. The van der Waals surface area contributed by atoms with Crippen molar-refractivity contribution in [2.45, 2.75) is 110 Å². The first-order valence-corrected chi connectivity index (χ1v) is 13.8. The second kappa shape index (κ2) is 6.14. The first-order chi connectivity index (χ1) is 15.9. The molecule has 34 heavy (non-hydrogen) atoms. The lowest BCUT2D eigenvalue weighted by Crippen LogP contribution is -2.75. The highest BCUT2D eigenvalue weighted by atomic mass is 16.6. The molecule has 1 spiro atoms. The van der Waals surface area contributed by atoms with Crippen molar-refractivity contribution in [1.29, 1.82) is 0 Å². The summed E-state index contributed by atoms with van der Waals surface area (Å²) in [7, 11) is 0. The van der Waals surface area contributed by atoms with Gasteiger partial charge in [-0.15, -0.1) is 0 Å². The van der Waals surface area contributed by atoms with Crippen LogP contribution < -0.4 is 0 Å². The van der Waals surface area contributed by atoms with Crippen molar-refractivity contribution in [3.05, 3.63) is 12.2 Å². The molecule has 2 heterocycles. The minimum absolute atomic E-state index is 0.0484. The summed E-state index contributed by atoms with van der Waals surface area (Å²) >= 11 is 0. The van der Waals surface area contributed by atoms with E-state index in [0.29, 0.717) is 18.3 Å². The molecule has 5 saturated carbocycles. The summed E-state index contributed by atoms with van der Waals surface area (Å²) in [6.45, 7) is 16.2. The van der Waals surface area contributed by atoms with Crippen LogP contribution in [0.4, 0.5) is 0 Å². The van der Waals surface area contributed by atoms with E-state index in [1.807, 2.05) is 0 Å². The molecule has 0 aromatic carbocycles. The Hall–Kier alpha value is -0.910. The molecule has 188 valence electrons. The zero-order valence-electron chi connectivity index (χ0n) is 21.5. The smallest absolute Gasteiger partial charge is 0.313 e. The topological polar surface area (TPSA) is 79.3 Å². The van der Waals surface area contributed by atoms with E-state index in [1.54, 1.807) is 0 Å². The number of hydrogen-bond acceptors (Lipinski definition) is 5. The molecule has 0 aromatic heterocycles. The molecule has 5 nitrogen and oxygen atoms in total. The van der Waals surface area contributed by atoms with Gasteiger partial charge in [-0.25, -0.2) is 0 Å². The number of aliphatic hydroxyl groups excluding tert-OH is 2. The van der Waals surface area contributed by atoms with Crippen molar-refractivity contribution in [2.75, 3.05) is 0 Å². The summed E-state index contributed by atoms with van der Waals surface area (Å²) in [6, 6.07) is 0. The van der Waals surface area contributed by atoms with E-state index < -0.39 is 17.8 Å².